The number of carbonyl (C=O) groups is 1. The standard InChI is InChI=1S/C14H16N4O/c1-10-3-2-6-15-13(10)14(19)18-8-5-11(9-18)12-4-7-16-17-12/h2-4,6-7,11H,5,8-9H2,1H3,(H,16,17)/t11-/m0/s1. The number of aryl methyl sites for hydroxylation is 1. The van der Waals surface area contributed by atoms with Gasteiger partial charge in [-0.25, -0.2) is 0 Å². The summed E-state index contributed by atoms with van der Waals surface area (Å²) < 4.78 is 0. The number of carbonyl (C=O) groups excluding carboxylic acids is 1. The molecule has 1 aliphatic heterocycles. The lowest BCUT2D eigenvalue weighted by atomic mass is 10.1. The maximum atomic E-state index is 12.4. The molecule has 1 atom stereocenters. The van der Waals surface area contributed by atoms with E-state index in [4.69, 9.17) is 0 Å². The van der Waals surface area contributed by atoms with Crippen molar-refractivity contribution in [2.75, 3.05) is 13.1 Å². The van der Waals surface area contributed by atoms with E-state index in [1.165, 1.54) is 0 Å². The molecule has 5 heteroatoms. The van der Waals surface area contributed by atoms with Crippen LogP contribution in [0.4, 0.5) is 0 Å². The molecule has 2 aromatic rings. The summed E-state index contributed by atoms with van der Waals surface area (Å²) in [5, 5.41) is 6.95. The molecule has 0 unspecified atom stereocenters. The van der Waals surface area contributed by atoms with Gasteiger partial charge in [0.25, 0.3) is 5.91 Å². The lowest BCUT2D eigenvalue weighted by molar-refractivity contribution is 0.0784. The third-order valence-electron chi connectivity index (χ3n) is 3.65. The fourth-order valence-corrected chi connectivity index (χ4v) is 2.55. The van der Waals surface area contributed by atoms with E-state index in [0.29, 0.717) is 11.6 Å². The lowest BCUT2D eigenvalue weighted by Crippen LogP contribution is -2.29. The number of pyridine rings is 1. The SMILES string of the molecule is Cc1cccnc1C(=O)N1CC[C@H](c2ccn[nH]2)C1. The van der Waals surface area contributed by atoms with E-state index < -0.39 is 0 Å². The Morgan fingerprint density at radius 2 is 2.32 bits per heavy atom. The summed E-state index contributed by atoms with van der Waals surface area (Å²) in [6.45, 7) is 3.43. The largest absolute Gasteiger partial charge is 0.337 e. The topological polar surface area (TPSA) is 61.9 Å². The Labute approximate surface area is 111 Å². The van der Waals surface area contributed by atoms with Crippen molar-refractivity contribution in [1.29, 1.82) is 0 Å². The molecular weight excluding hydrogens is 240 g/mol. The van der Waals surface area contributed by atoms with Crippen LogP contribution >= 0.6 is 0 Å². The first-order valence-electron chi connectivity index (χ1n) is 6.46. The van der Waals surface area contributed by atoms with Gasteiger partial charge in [-0.15, -0.1) is 0 Å². The van der Waals surface area contributed by atoms with E-state index >= 15 is 0 Å². The predicted molar refractivity (Wildman–Crippen MR) is 70.8 cm³/mol. The molecule has 2 aromatic heterocycles. The number of nitrogens with one attached hydrogen (secondary N) is 1. The molecule has 3 heterocycles. The maximum absolute atomic E-state index is 12.4. The van der Waals surface area contributed by atoms with Gasteiger partial charge in [0.15, 0.2) is 0 Å². The van der Waals surface area contributed by atoms with Gasteiger partial charge in [-0.1, -0.05) is 6.07 Å². The molecule has 1 fully saturated rings. The quantitative estimate of drug-likeness (QED) is 0.890. The molecule has 0 saturated carbocycles. The Bertz CT molecular complexity index is 579. The minimum Gasteiger partial charge on any atom is -0.337 e. The van der Waals surface area contributed by atoms with Crippen LogP contribution in [0.3, 0.4) is 0 Å². The highest BCUT2D eigenvalue weighted by Crippen LogP contribution is 2.26. The number of hydrogen-bond donors (Lipinski definition) is 1. The first-order chi connectivity index (χ1) is 9.25. The first kappa shape index (κ1) is 11.9. The van der Waals surface area contributed by atoms with Crippen LogP contribution in [0.15, 0.2) is 30.6 Å². The van der Waals surface area contributed by atoms with Gasteiger partial charge in [0.2, 0.25) is 0 Å². The van der Waals surface area contributed by atoms with Gasteiger partial charge >= 0.3 is 0 Å². The molecule has 0 aromatic carbocycles. The molecule has 3 rings (SSSR count). The first-order valence-corrected chi connectivity index (χ1v) is 6.46. The van der Waals surface area contributed by atoms with Crippen LogP contribution < -0.4 is 0 Å². The average Bonchev–Trinajstić information content (AvgIpc) is 3.09. The van der Waals surface area contributed by atoms with Crippen LogP contribution in [0, 0.1) is 6.92 Å². The fourth-order valence-electron chi connectivity index (χ4n) is 2.55. The van der Waals surface area contributed by atoms with E-state index in [-0.39, 0.29) is 5.91 Å². The van der Waals surface area contributed by atoms with Gasteiger partial charge in [0.1, 0.15) is 5.69 Å². The molecular formula is C14H16N4O. The molecule has 0 aliphatic carbocycles. The highest BCUT2D eigenvalue weighted by molar-refractivity contribution is 5.93. The zero-order valence-corrected chi connectivity index (χ0v) is 10.8. The molecule has 1 N–H and O–H groups in total. The van der Waals surface area contributed by atoms with Crippen molar-refractivity contribution in [2.24, 2.45) is 0 Å². The van der Waals surface area contributed by atoms with Crippen LogP contribution in [0.5, 0.6) is 0 Å². The van der Waals surface area contributed by atoms with Crippen molar-refractivity contribution >= 4 is 5.91 Å². The maximum Gasteiger partial charge on any atom is 0.272 e. The number of aromatic amines is 1. The van der Waals surface area contributed by atoms with E-state index in [0.717, 1.165) is 30.8 Å². The third kappa shape index (κ3) is 2.23. The average molecular weight is 256 g/mol. The number of hydrogen-bond acceptors (Lipinski definition) is 3. The molecule has 98 valence electrons. The number of rotatable bonds is 2. The smallest absolute Gasteiger partial charge is 0.272 e. The van der Waals surface area contributed by atoms with Crippen molar-refractivity contribution in [2.45, 2.75) is 19.3 Å². The fraction of sp³-hybridized carbons (Fsp3) is 0.357. The van der Waals surface area contributed by atoms with Crippen molar-refractivity contribution in [3.63, 3.8) is 0 Å². The number of amides is 1. The number of aromatic nitrogens is 3. The molecule has 0 radical (unpaired) electrons. The molecule has 0 bridgehead atoms. The Morgan fingerprint density at radius 1 is 1.42 bits per heavy atom. The van der Waals surface area contributed by atoms with Crippen LogP contribution in [0.2, 0.25) is 0 Å². The van der Waals surface area contributed by atoms with Crippen LogP contribution in [-0.2, 0) is 0 Å². The summed E-state index contributed by atoms with van der Waals surface area (Å²) in [5.41, 5.74) is 2.60. The zero-order valence-electron chi connectivity index (χ0n) is 10.8. The molecule has 1 amide bonds. The van der Waals surface area contributed by atoms with Crippen molar-refractivity contribution in [1.82, 2.24) is 20.1 Å². The monoisotopic (exact) mass is 256 g/mol. The Balaban J connectivity index is 1.75. The van der Waals surface area contributed by atoms with Crippen molar-refractivity contribution < 1.29 is 4.79 Å². The number of nitrogens with zero attached hydrogens (tertiary/aromatic N) is 3. The Kier molecular flexibility index (Phi) is 3.03. The second-order valence-electron chi connectivity index (χ2n) is 4.92. The molecule has 5 nitrogen and oxygen atoms in total. The molecule has 1 saturated heterocycles. The van der Waals surface area contributed by atoms with Crippen LogP contribution in [-0.4, -0.2) is 39.1 Å². The highest BCUT2D eigenvalue weighted by Gasteiger charge is 2.29. The minimum absolute atomic E-state index is 0.0279. The van der Waals surface area contributed by atoms with E-state index in [1.807, 2.05) is 30.0 Å². The van der Waals surface area contributed by atoms with Gasteiger partial charge < -0.3 is 4.90 Å². The molecule has 1 aliphatic rings. The summed E-state index contributed by atoms with van der Waals surface area (Å²) in [6, 6.07) is 5.75. The van der Waals surface area contributed by atoms with E-state index in [2.05, 4.69) is 15.2 Å². The van der Waals surface area contributed by atoms with Gasteiger partial charge in [0, 0.05) is 37.1 Å². The molecule has 19 heavy (non-hydrogen) atoms. The summed E-state index contributed by atoms with van der Waals surface area (Å²) in [5.74, 6) is 0.385. The summed E-state index contributed by atoms with van der Waals surface area (Å²) in [7, 11) is 0. The Morgan fingerprint density at radius 3 is 3.05 bits per heavy atom. The number of likely N-dealkylation sites (tertiary alicyclic amines) is 1. The van der Waals surface area contributed by atoms with Gasteiger partial charge in [-0.05, 0) is 31.0 Å². The summed E-state index contributed by atoms with van der Waals surface area (Å²) in [6.07, 6.45) is 4.39. The highest BCUT2D eigenvalue weighted by atomic mass is 16.2. The van der Waals surface area contributed by atoms with Gasteiger partial charge in [0.05, 0.1) is 0 Å². The normalized spacial score (nSPS) is 18.8. The van der Waals surface area contributed by atoms with Gasteiger partial charge in [-0.2, -0.15) is 5.10 Å². The second kappa shape index (κ2) is 4.84. The lowest BCUT2D eigenvalue weighted by Gasteiger charge is -2.16. The Hall–Kier alpha value is -2.17. The predicted octanol–water partition coefficient (Wildman–Crippen LogP) is 1.74. The third-order valence-corrected chi connectivity index (χ3v) is 3.65. The van der Waals surface area contributed by atoms with Crippen LogP contribution in [0.1, 0.15) is 34.1 Å². The molecule has 0 spiro atoms. The van der Waals surface area contributed by atoms with E-state index in [9.17, 15) is 4.79 Å². The van der Waals surface area contributed by atoms with Crippen molar-refractivity contribution in [3.05, 3.63) is 47.5 Å². The van der Waals surface area contributed by atoms with Crippen molar-refractivity contribution in [3.8, 4) is 0 Å². The zero-order chi connectivity index (χ0) is 13.2. The van der Waals surface area contributed by atoms with Gasteiger partial charge in [-0.3, -0.25) is 14.9 Å². The second-order valence-corrected chi connectivity index (χ2v) is 4.92. The van der Waals surface area contributed by atoms with E-state index in [1.54, 1.807) is 12.4 Å². The summed E-state index contributed by atoms with van der Waals surface area (Å²) in [4.78, 5) is 18.5. The van der Waals surface area contributed by atoms with Crippen LogP contribution in [0.25, 0.3) is 0 Å². The minimum atomic E-state index is 0.0279. The summed E-state index contributed by atoms with van der Waals surface area (Å²) >= 11 is 0. The number of H-pyrrole nitrogens is 1.